The number of carbonyl (C=O) groups excluding carboxylic acids is 1. The average molecular weight is 326 g/mol. The molecular formula is C16H26N2O3S. The van der Waals surface area contributed by atoms with Crippen LogP contribution in [0.1, 0.15) is 30.7 Å². The molecule has 5 nitrogen and oxygen atoms in total. The van der Waals surface area contributed by atoms with Gasteiger partial charge < -0.3 is 15.1 Å². The number of aliphatic hydroxyl groups excluding tert-OH is 2. The highest BCUT2D eigenvalue weighted by Gasteiger charge is 2.32. The summed E-state index contributed by atoms with van der Waals surface area (Å²) in [5, 5.41) is 20.8. The third kappa shape index (κ3) is 4.07. The summed E-state index contributed by atoms with van der Waals surface area (Å²) in [6.45, 7) is 3.25. The van der Waals surface area contributed by atoms with E-state index in [1.165, 1.54) is 4.88 Å². The molecule has 0 radical (unpaired) electrons. The van der Waals surface area contributed by atoms with Gasteiger partial charge in [0.1, 0.15) is 0 Å². The summed E-state index contributed by atoms with van der Waals surface area (Å²) in [5.74, 6) is 0.122. The molecule has 0 spiro atoms. The summed E-state index contributed by atoms with van der Waals surface area (Å²) in [6, 6.07) is 4.34. The Morgan fingerprint density at radius 1 is 1.50 bits per heavy atom. The molecule has 2 N–H and O–H groups in total. The molecule has 1 saturated heterocycles. The number of amides is 1. The summed E-state index contributed by atoms with van der Waals surface area (Å²) >= 11 is 1.70. The number of carbonyl (C=O) groups is 1. The second-order valence-corrected chi connectivity index (χ2v) is 7.54. The lowest BCUT2D eigenvalue weighted by atomic mass is 9.92. The van der Waals surface area contributed by atoms with Crippen LogP contribution in [0.25, 0.3) is 0 Å². The van der Waals surface area contributed by atoms with Gasteiger partial charge >= 0.3 is 0 Å². The molecule has 6 heteroatoms. The molecule has 22 heavy (non-hydrogen) atoms. The van der Waals surface area contributed by atoms with Gasteiger partial charge in [0.2, 0.25) is 5.91 Å². The Bertz CT molecular complexity index is 474. The number of likely N-dealkylation sites (tertiary alicyclic amines) is 1. The highest BCUT2D eigenvalue weighted by atomic mass is 32.1. The topological polar surface area (TPSA) is 64.0 Å². The van der Waals surface area contributed by atoms with Gasteiger partial charge in [-0.2, -0.15) is 0 Å². The first-order valence-corrected chi connectivity index (χ1v) is 8.60. The van der Waals surface area contributed by atoms with Crippen LogP contribution >= 0.6 is 11.3 Å². The largest absolute Gasteiger partial charge is 0.396 e. The van der Waals surface area contributed by atoms with Crippen LogP contribution in [0.2, 0.25) is 0 Å². The molecule has 124 valence electrons. The van der Waals surface area contributed by atoms with Crippen molar-refractivity contribution >= 4 is 17.2 Å². The molecule has 1 aromatic rings. The van der Waals surface area contributed by atoms with Crippen molar-refractivity contribution in [3.05, 3.63) is 22.4 Å². The Morgan fingerprint density at radius 3 is 2.82 bits per heavy atom. The minimum Gasteiger partial charge on any atom is -0.396 e. The molecule has 1 fully saturated rings. The van der Waals surface area contributed by atoms with Crippen molar-refractivity contribution in [2.24, 2.45) is 5.41 Å². The number of thiophene rings is 1. The fourth-order valence-corrected chi connectivity index (χ4v) is 3.89. The molecule has 0 bridgehead atoms. The number of nitrogens with zero attached hydrogens (tertiary/aromatic N) is 2. The fraction of sp³-hybridized carbons (Fsp3) is 0.688. The predicted octanol–water partition coefficient (Wildman–Crippen LogP) is 1.33. The molecule has 0 aromatic carbocycles. The zero-order valence-corrected chi connectivity index (χ0v) is 14.2. The first-order chi connectivity index (χ1) is 10.5. The van der Waals surface area contributed by atoms with E-state index in [1.807, 2.05) is 29.8 Å². The van der Waals surface area contributed by atoms with Crippen LogP contribution in [0.3, 0.4) is 0 Å². The van der Waals surface area contributed by atoms with E-state index < -0.39 is 5.41 Å². The van der Waals surface area contributed by atoms with Crippen molar-refractivity contribution in [2.45, 2.75) is 25.8 Å². The van der Waals surface area contributed by atoms with E-state index in [4.69, 9.17) is 0 Å². The van der Waals surface area contributed by atoms with Crippen molar-refractivity contribution in [3.63, 3.8) is 0 Å². The van der Waals surface area contributed by atoms with Gasteiger partial charge in [0.05, 0.1) is 25.8 Å². The molecule has 1 amide bonds. The highest BCUT2D eigenvalue weighted by molar-refractivity contribution is 7.10. The number of hydrogen-bond donors (Lipinski definition) is 2. The van der Waals surface area contributed by atoms with E-state index in [0.29, 0.717) is 13.1 Å². The lowest BCUT2D eigenvalue weighted by molar-refractivity contribution is -0.133. The maximum absolute atomic E-state index is 12.6. The predicted molar refractivity (Wildman–Crippen MR) is 87.8 cm³/mol. The Morgan fingerprint density at radius 2 is 2.23 bits per heavy atom. The average Bonchev–Trinajstić information content (AvgIpc) is 3.17. The van der Waals surface area contributed by atoms with E-state index in [9.17, 15) is 15.0 Å². The molecule has 0 aliphatic carbocycles. The Balaban J connectivity index is 1.94. The highest BCUT2D eigenvalue weighted by Crippen LogP contribution is 2.34. The number of likely N-dealkylation sites (N-methyl/N-ethyl adjacent to an activating group) is 1. The smallest absolute Gasteiger partial charge is 0.237 e. The summed E-state index contributed by atoms with van der Waals surface area (Å²) in [5.41, 5.74) is -0.576. The van der Waals surface area contributed by atoms with Gasteiger partial charge in [0.15, 0.2) is 0 Å². The van der Waals surface area contributed by atoms with Crippen LogP contribution in [-0.2, 0) is 4.79 Å². The lowest BCUT2D eigenvalue weighted by Crippen LogP contribution is -2.44. The number of aliphatic hydroxyl groups is 2. The van der Waals surface area contributed by atoms with Crippen LogP contribution in [0.15, 0.2) is 17.5 Å². The zero-order valence-electron chi connectivity index (χ0n) is 13.4. The summed E-state index contributed by atoms with van der Waals surface area (Å²) in [6.07, 6.45) is 2.07. The third-order valence-corrected chi connectivity index (χ3v) is 5.24. The lowest BCUT2D eigenvalue weighted by Gasteiger charge is -2.32. The van der Waals surface area contributed by atoms with Crippen molar-refractivity contribution in [2.75, 3.05) is 39.9 Å². The maximum atomic E-state index is 12.6. The van der Waals surface area contributed by atoms with Crippen molar-refractivity contribution in [1.29, 1.82) is 0 Å². The second kappa shape index (κ2) is 7.55. The van der Waals surface area contributed by atoms with Gasteiger partial charge in [-0.3, -0.25) is 9.69 Å². The number of hydrogen-bond acceptors (Lipinski definition) is 5. The van der Waals surface area contributed by atoms with Crippen LogP contribution in [0.5, 0.6) is 0 Å². The van der Waals surface area contributed by atoms with Gasteiger partial charge in [-0.1, -0.05) is 13.0 Å². The third-order valence-electron chi connectivity index (χ3n) is 4.27. The molecule has 1 aromatic heterocycles. The molecule has 1 unspecified atom stereocenters. The van der Waals surface area contributed by atoms with Crippen LogP contribution < -0.4 is 0 Å². The van der Waals surface area contributed by atoms with Gasteiger partial charge in [-0.05, 0) is 31.3 Å². The van der Waals surface area contributed by atoms with Crippen LogP contribution in [0, 0.1) is 5.41 Å². The van der Waals surface area contributed by atoms with E-state index in [2.05, 4.69) is 11.4 Å². The van der Waals surface area contributed by atoms with E-state index in [-0.39, 0.29) is 25.2 Å². The minimum absolute atomic E-state index is 0.0937. The van der Waals surface area contributed by atoms with Crippen LogP contribution in [0.4, 0.5) is 0 Å². The summed E-state index contributed by atoms with van der Waals surface area (Å²) < 4.78 is 0. The van der Waals surface area contributed by atoms with Gasteiger partial charge in [-0.15, -0.1) is 11.3 Å². The SMILES string of the molecule is CN(CC(=O)N1CCCC1c1cccs1)CC(C)(CO)CO. The van der Waals surface area contributed by atoms with E-state index >= 15 is 0 Å². The molecule has 1 atom stereocenters. The zero-order chi connectivity index (χ0) is 16.2. The van der Waals surface area contributed by atoms with Crippen molar-refractivity contribution < 1.29 is 15.0 Å². The normalized spacial score (nSPS) is 19.1. The Hall–Kier alpha value is -0.950. The molecule has 1 aliphatic rings. The van der Waals surface area contributed by atoms with Crippen LogP contribution in [-0.4, -0.2) is 65.8 Å². The van der Waals surface area contributed by atoms with E-state index in [1.54, 1.807) is 11.3 Å². The molecule has 2 heterocycles. The van der Waals surface area contributed by atoms with Gasteiger partial charge in [0, 0.05) is 23.4 Å². The van der Waals surface area contributed by atoms with Gasteiger partial charge in [-0.25, -0.2) is 0 Å². The van der Waals surface area contributed by atoms with Crippen molar-refractivity contribution in [3.8, 4) is 0 Å². The fourth-order valence-electron chi connectivity index (χ4n) is 3.02. The minimum atomic E-state index is -0.576. The Labute approximate surface area is 136 Å². The first-order valence-electron chi connectivity index (χ1n) is 7.72. The van der Waals surface area contributed by atoms with Crippen molar-refractivity contribution in [1.82, 2.24) is 9.80 Å². The molecular weight excluding hydrogens is 300 g/mol. The molecule has 2 rings (SSSR count). The standard InChI is InChI=1S/C16H26N2O3S/c1-16(11-19,12-20)10-17(2)9-15(21)18-7-3-5-13(18)14-6-4-8-22-14/h4,6,8,13,19-20H,3,5,7,9-12H2,1-2H3. The van der Waals surface area contributed by atoms with Gasteiger partial charge in [0.25, 0.3) is 0 Å². The molecule has 1 aliphatic heterocycles. The molecule has 0 saturated carbocycles. The summed E-state index contributed by atoms with van der Waals surface area (Å²) in [7, 11) is 1.86. The second-order valence-electron chi connectivity index (χ2n) is 6.56. The monoisotopic (exact) mass is 326 g/mol. The Kier molecular flexibility index (Phi) is 5.97. The number of rotatable bonds is 7. The van der Waals surface area contributed by atoms with E-state index in [0.717, 1.165) is 19.4 Å². The maximum Gasteiger partial charge on any atom is 0.237 e. The first kappa shape index (κ1) is 17.4. The quantitative estimate of drug-likeness (QED) is 0.793. The summed E-state index contributed by atoms with van der Waals surface area (Å²) in [4.78, 5) is 17.7.